The molecular formula is C14H21N3. The predicted octanol–water partition coefficient (Wildman–Crippen LogP) is 2.31. The Bertz CT molecular complexity index is 391. The molecule has 1 aliphatic heterocycles. The molecule has 0 spiro atoms. The highest BCUT2D eigenvalue weighted by molar-refractivity contribution is 5.49. The third-order valence-corrected chi connectivity index (χ3v) is 4.35. The van der Waals surface area contributed by atoms with Gasteiger partial charge in [0.15, 0.2) is 0 Å². The molecule has 0 amide bonds. The summed E-state index contributed by atoms with van der Waals surface area (Å²) in [7, 11) is 0. The second kappa shape index (κ2) is 4.65. The molecule has 2 atom stereocenters. The molecule has 0 aromatic carbocycles. The minimum atomic E-state index is 0.537. The average Bonchev–Trinajstić information content (AvgIpc) is 2.82. The number of aromatic nitrogens is 1. The number of hydrogen-bond acceptors (Lipinski definition) is 3. The Hall–Kier alpha value is -1.09. The van der Waals surface area contributed by atoms with E-state index in [1.54, 1.807) is 0 Å². The first-order valence-electron chi connectivity index (χ1n) is 6.80. The van der Waals surface area contributed by atoms with E-state index in [-0.39, 0.29) is 0 Å². The van der Waals surface area contributed by atoms with Crippen LogP contribution in [0.25, 0.3) is 0 Å². The summed E-state index contributed by atoms with van der Waals surface area (Å²) < 4.78 is 0. The highest BCUT2D eigenvalue weighted by Crippen LogP contribution is 2.38. The van der Waals surface area contributed by atoms with Gasteiger partial charge in [0.05, 0.1) is 5.69 Å². The van der Waals surface area contributed by atoms with Gasteiger partial charge in [-0.3, -0.25) is 4.98 Å². The molecule has 2 N–H and O–H groups in total. The van der Waals surface area contributed by atoms with Gasteiger partial charge in [0, 0.05) is 31.0 Å². The van der Waals surface area contributed by atoms with Gasteiger partial charge in [0.25, 0.3) is 0 Å². The van der Waals surface area contributed by atoms with Gasteiger partial charge in [0.2, 0.25) is 0 Å². The second-order valence-electron chi connectivity index (χ2n) is 5.30. The summed E-state index contributed by atoms with van der Waals surface area (Å²) in [5.74, 6) is 0.929. The fourth-order valence-corrected chi connectivity index (χ4v) is 3.48. The fourth-order valence-electron chi connectivity index (χ4n) is 3.48. The predicted molar refractivity (Wildman–Crippen MR) is 69.8 cm³/mol. The molecule has 1 aromatic heterocycles. The van der Waals surface area contributed by atoms with Crippen molar-refractivity contribution in [3.05, 3.63) is 24.0 Å². The van der Waals surface area contributed by atoms with Crippen LogP contribution in [-0.4, -0.2) is 17.6 Å². The molecule has 2 aliphatic rings. The van der Waals surface area contributed by atoms with E-state index in [9.17, 15) is 0 Å². The van der Waals surface area contributed by atoms with Crippen molar-refractivity contribution >= 4 is 5.69 Å². The number of anilines is 1. The van der Waals surface area contributed by atoms with Crippen molar-refractivity contribution in [1.29, 1.82) is 0 Å². The van der Waals surface area contributed by atoms with Crippen LogP contribution in [0.1, 0.15) is 37.8 Å². The molecule has 3 nitrogen and oxygen atoms in total. The topological polar surface area (TPSA) is 42.1 Å². The van der Waals surface area contributed by atoms with Crippen LogP contribution < -0.4 is 10.6 Å². The molecule has 2 heterocycles. The van der Waals surface area contributed by atoms with Crippen LogP contribution in [0.3, 0.4) is 0 Å². The van der Waals surface area contributed by atoms with Crippen LogP contribution in [0.4, 0.5) is 5.69 Å². The fraction of sp³-hybridized carbons (Fsp3) is 0.643. The van der Waals surface area contributed by atoms with Gasteiger partial charge >= 0.3 is 0 Å². The Morgan fingerprint density at radius 2 is 2.18 bits per heavy atom. The lowest BCUT2D eigenvalue weighted by Gasteiger charge is -2.33. The van der Waals surface area contributed by atoms with Gasteiger partial charge in [-0.15, -0.1) is 0 Å². The van der Waals surface area contributed by atoms with Crippen molar-refractivity contribution in [2.45, 2.75) is 44.7 Å². The summed E-state index contributed by atoms with van der Waals surface area (Å²) in [6.07, 6.45) is 8.88. The molecule has 3 heteroatoms. The van der Waals surface area contributed by atoms with Gasteiger partial charge < -0.3 is 10.6 Å². The number of pyridine rings is 1. The summed E-state index contributed by atoms with van der Waals surface area (Å²) in [5.41, 5.74) is 8.00. The Kier molecular flexibility index (Phi) is 3.02. The van der Waals surface area contributed by atoms with Gasteiger partial charge in [0.1, 0.15) is 0 Å². The molecule has 1 saturated carbocycles. The van der Waals surface area contributed by atoms with Crippen LogP contribution in [0, 0.1) is 5.92 Å². The molecule has 1 saturated heterocycles. The summed E-state index contributed by atoms with van der Waals surface area (Å²) in [4.78, 5) is 6.87. The average molecular weight is 231 g/mol. The first-order chi connectivity index (χ1) is 8.38. The molecule has 2 unspecified atom stereocenters. The third kappa shape index (κ3) is 2.04. The van der Waals surface area contributed by atoms with Crippen molar-refractivity contribution in [3.63, 3.8) is 0 Å². The van der Waals surface area contributed by atoms with Crippen molar-refractivity contribution in [2.75, 3.05) is 11.4 Å². The lowest BCUT2D eigenvalue weighted by molar-refractivity contribution is 0.342. The van der Waals surface area contributed by atoms with E-state index < -0.39 is 0 Å². The Morgan fingerprint density at radius 1 is 1.29 bits per heavy atom. The van der Waals surface area contributed by atoms with Crippen molar-refractivity contribution in [2.24, 2.45) is 11.7 Å². The summed E-state index contributed by atoms with van der Waals surface area (Å²) >= 11 is 0. The third-order valence-electron chi connectivity index (χ3n) is 4.35. The molecule has 0 bridgehead atoms. The zero-order valence-corrected chi connectivity index (χ0v) is 10.3. The van der Waals surface area contributed by atoms with E-state index >= 15 is 0 Å². The minimum absolute atomic E-state index is 0.537. The van der Waals surface area contributed by atoms with E-state index in [0.29, 0.717) is 6.54 Å². The lowest BCUT2D eigenvalue weighted by Crippen LogP contribution is -2.34. The standard InChI is InChI=1S/C14H21N3/c15-10-12-9-13(5-7-16-12)17-8-6-11-3-1-2-4-14(11)17/h5,7,9,11,14H,1-4,6,8,10,15H2. The van der Waals surface area contributed by atoms with Gasteiger partial charge in [-0.1, -0.05) is 12.8 Å². The first-order valence-corrected chi connectivity index (χ1v) is 6.80. The Labute approximate surface area is 103 Å². The maximum absolute atomic E-state index is 5.67. The maximum atomic E-state index is 5.67. The molecular weight excluding hydrogens is 210 g/mol. The SMILES string of the molecule is NCc1cc(N2CCC3CCCCC32)ccn1. The van der Waals surface area contributed by atoms with Crippen LogP contribution in [0.5, 0.6) is 0 Å². The smallest absolute Gasteiger partial charge is 0.0560 e. The summed E-state index contributed by atoms with van der Waals surface area (Å²) in [6.45, 7) is 1.75. The van der Waals surface area contributed by atoms with Crippen molar-refractivity contribution in [1.82, 2.24) is 4.98 Å². The normalized spacial score (nSPS) is 28.2. The maximum Gasteiger partial charge on any atom is 0.0560 e. The molecule has 92 valence electrons. The van der Waals surface area contributed by atoms with Crippen LogP contribution >= 0.6 is 0 Å². The molecule has 17 heavy (non-hydrogen) atoms. The van der Waals surface area contributed by atoms with Gasteiger partial charge in [-0.2, -0.15) is 0 Å². The first kappa shape index (κ1) is 11.0. The summed E-state index contributed by atoms with van der Waals surface area (Å²) in [6, 6.07) is 5.07. The number of nitrogens with zero attached hydrogens (tertiary/aromatic N) is 2. The highest BCUT2D eigenvalue weighted by Gasteiger charge is 2.35. The Balaban J connectivity index is 1.83. The number of hydrogen-bond donors (Lipinski definition) is 1. The minimum Gasteiger partial charge on any atom is -0.368 e. The number of rotatable bonds is 2. The molecule has 3 rings (SSSR count). The van der Waals surface area contributed by atoms with E-state index in [1.165, 1.54) is 44.3 Å². The Morgan fingerprint density at radius 3 is 3.06 bits per heavy atom. The van der Waals surface area contributed by atoms with Gasteiger partial charge in [-0.05, 0) is 37.3 Å². The van der Waals surface area contributed by atoms with Crippen LogP contribution in [0.15, 0.2) is 18.3 Å². The molecule has 2 fully saturated rings. The van der Waals surface area contributed by atoms with E-state index in [2.05, 4.69) is 22.0 Å². The largest absolute Gasteiger partial charge is 0.368 e. The lowest BCUT2D eigenvalue weighted by atomic mass is 9.85. The number of fused-ring (bicyclic) bond motifs is 1. The van der Waals surface area contributed by atoms with Crippen molar-refractivity contribution < 1.29 is 0 Å². The van der Waals surface area contributed by atoms with E-state index in [1.807, 2.05) is 6.20 Å². The molecule has 1 aliphatic carbocycles. The monoisotopic (exact) mass is 231 g/mol. The van der Waals surface area contributed by atoms with Crippen LogP contribution in [0.2, 0.25) is 0 Å². The van der Waals surface area contributed by atoms with E-state index in [4.69, 9.17) is 5.73 Å². The number of nitrogens with two attached hydrogens (primary N) is 1. The van der Waals surface area contributed by atoms with Crippen LogP contribution in [-0.2, 0) is 6.54 Å². The van der Waals surface area contributed by atoms with Crippen molar-refractivity contribution in [3.8, 4) is 0 Å². The van der Waals surface area contributed by atoms with E-state index in [0.717, 1.165) is 17.7 Å². The zero-order valence-electron chi connectivity index (χ0n) is 10.3. The quantitative estimate of drug-likeness (QED) is 0.849. The molecule has 1 aromatic rings. The summed E-state index contributed by atoms with van der Waals surface area (Å²) in [5, 5.41) is 0. The highest BCUT2D eigenvalue weighted by atomic mass is 15.2. The zero-order chi connectivity index (χ0) is 11.7. The van der Waals surface area contributed by atoms with Gasteiger partial charge in [-0.25, -0.2) is 0 Å². The molecule has 0 radical (unpaired) electrons. The second-order valence-corrected chi connectivity index (χ2v) is 5.30.